The number of aryl methyl sites for hydroxylation is 3. The van der Waals surface area contributed by atoms with Gasteiger partial charge in [0.15, 0.2) is 5.13 Å². The van der Waals surface area contributed by atoms with E-state index < -0.39 is 0 Å². The first-order chi connectivity index (χ1) is 14.0. The molecule has 1 fully saturated rings. The summed E-state index contributed by atoms with van der Waals surface area (Å²) in [5.74, 6) is 0.277. The molecule has 0 radical (unpaired) electrons. The minimum Gasteiger partial charge on any atom is -0.352 e. The number of hydrogen-bond donors (Lipinski definition) is 1. The number of carbonyl (C=O) groups excluding carboxylic acids is 1. The van der Waals surface area contributed by atoms with Gasteiger partial charge in [-0.15, -0.1) is 0 Å². The predicted molar refractivity (Wildman–Crippen MR) is 122 cm³/mol. The molecular weight excluding hydrogens is 378 g/mol. The smallest absolute Gasteiger partial charge is 0.223 e. The monoisotopic (exact) mass is 407 g/mol. The molecule has 1 N–H and O–H groups in total. The Kier molecular flexibility index (Phi) is 5.86. The third-order valence-corrected chi connectivity index (χ3v) is 6.92. The summed E-state index contributed by atoms with van der Waals surface area (Å²) in [6, 6.07) is 12.9. The SMILES string of the molecule is CCc1ccc(CNC(=O)C2CCN(c3nc4c(C)cc(C)cc4s3)CC2)cc1. The van der Waals surface area contributed by atoms with Gasteiger partial charge in [0.05, 0.1) is 10.2 Å². The van der Waals surface area contributed by atoms with Crippen molar-refractivity contribution in [2.75, 3.05) is 18.0 Å². The molecule has 0 bridgehead atoms. The quantitative estimate of drug-likeness (QED) is 0.647. The van der Waals surface area contributed by atoms with Gasteiger partial charge in [0.1, 0.15) is 0 Å². The fraction of sp³-hybridized carbons (Fsp3) is 0.417. The molecule has 152 valence electrons. The number of nitrogens with zero attached hydrogens (tertiary/aromatic N) is 2. The van der Waals surface area contributed by atoms with E-state index in [1.54, 1.807) is 11.3 Å². The van der Waals surface area contributed by atoms with Crippen LogP contribution in [0.2, 0.25) is 0 Å². The Morgan fingerprint density at radius 2 is 1.83 bits per heavy atom. The average Bonchev–Trinajstić information content (AvgIpc) is 3.17. The topological polar surface area (TPSA) is 45.2 Å². The van der Waals surface area contributed by atoms with Gasteiger partial charge in [-0.2, -0.15) is 0 Å². The number of carbonyl (C=O) groups is 1. The largest absolute Gasteiger partial charge is 0.352 e. The zero-order chi connectivity index (χ0) is 20.4. The number of nitrogens with one attached hydrogen (secondary N) is 1. The highest BCUT2D eigenvalue weighted by atomic mass is 32.1. The maximum absolute atomic E-state index is 12.6. The van der Waals surface area contributed by atoms with Crippen LogP contribution < -0.4 is 10.2 Å². The van der Waals surface area contributed by atoms with Gasteiger partial charge in [-0.25, -0.2) is 4.98 Å². The van der Waals surface area contributed by atoms with Crippen molar-refractivity contribution < 1.29 is 4.79 Å². The van der Waals surface area contributed by atoms with E-state index in [9.17, 15) is 4.79 Å². The fourth-order valence-electron chi connectivity index (χ4n) is 4.05. The van der Waals surface area contributed by atoms with E-state index >= 15 is 0 Å². The molecular formula is C24H29N3OS. The van der Waals surface area contributed by atoms with Crippen LogP contribution in [0.5, 0.6) is 0 Å². The highest BCUT2D eigenvalue weighted by Crippen LogP contribution is 2.33. The second-order valence-corrected chi connectivity index (χ2v) is 9.08. The summed E-state index contributed by atoms with van der Waals surface area (Å²) < 4.78 is 1.26. The molecule has 4 rings (SSSR count). The Bertz CT molecular complexity index is 1000. The fourth-order valence-corrected chi connectivity index (χ4v) is 5.25. The summed E-state index contributed by atoms with van der Waals surface area (Å²) in [5.41, 5.74) is 6.12. The van der Waals surface area contributed by atoms with Crippen molar-refractivity contribution in [3.63, 3.8) is 0 Å². The van der Waals surface area contributed by atoms with Crippen molar-refractivity contribution in [2.45, 2.75) is 46.6 Å². The van der Waals surface area contributed by atoms with Crippen molar-refractivity contribution in [1.82, 2.24) is 10.3 Å². The summed E-state index contributed by atoms with van der Waals surface area (Å²) in [6.45, 7) is 8.81. The van der Waals surface area contributed by atoms with Crippen LogP contribution in [-0.2, 0) is 17.8 Å². The highest BCUT2D eigenvalue weighted by Gasteiger charge is 2.26. The molecule has 1 amide bonds. The summed E-state index contributed by atoms with van der Waals surface area (Å²) in [6.07, 6.45) is 2.81. The van der Waals surface area contributed by atoms with Crippen LogP contribution in [-0.4, -0.2) is 24.0 Å². The number of thiazole rings is 1. The average molecular weight is 408 g/mol. The second kappa shape index (κ2) is 8.54. The summed E-state index contributed by atoms with van der Waals surface area (Å²) >= 11 is 1.77. The molecule has 0 atom stereocenters. The van der Waals surface area contributed by atoms with Gasteiger partial charge < -0.3 is 10.2 Å². The minimum atomic E-state index is 0.0968. The van der Waals surface area contributed by atoms with Crippen molar-refractivity contribution in [3.05, 3.63) is 58.7 Å². The minimum absolute atomic E-state index is 0.0968. The Labute approximate surface area is 177 Å². The van der Waals surface area contributed by atoms with Crippen LogP contribution in [0.4, 0.5) is 5.13 Å². The number of rotatable bonds is 5. The molecule has 0 spiro atoms. The zero-order valence-electron chi connectivity index (χ0n) is 17.5. The number of amides is 1. The normalized spacial score (nSPS) is 15.1. The van der Waals surface area contributed by atoms with Crippen molar-refractivity contribution in [1.29, 1.82) is 0 Å². The molecule has 29 heavy (non-hydrogen) atoms. The number of aromatic nitrogens is 1. The third-order valence-electron chi connectivity index (χ3n) is 5.85. The molecule has 2 aromatic carbocycles. The van der Waals surface area contributed by atoms with Crippen LogP contribution in [0.25, 0.3) is 10.2 Å². The number of hydrogen-bond acceptors (Lipinski definition) is 4. The van der Waals surface area contributed by atoms with Gasteiger partial charge in [0.25, 0.3) is 0 Å². The van der Waals surface area contributed by atoms with E-state index in [4.69, 9.17) is 4.98 Å². The van der Waals surface area contributed by atoms with E-state index in [1.807, 2.05) is 0 Å². The Balaban J connectivity index is 1.32. The van der Waals surface area contributed by atoms with E-state index in [1.165, 1.54) is 21.4 Å². The molecule has 1 aromatic heterocycles. The standard InChI is InChI=1S/C24H29N3OS/c1-4-18-5-7-19(8-6-18)15-25-23(28)20-9-11-27(12-10-20)24-26-22-17(3)13-16(2)14-21(22)29-24/h5-8,13-14,20H,4,9-12,15H2,1-3H3,(H,25,28). The molecule has 1 aliphatic rings. The second-order valence-electron chi connectivity index (χ2n) is 8.07. The van der Waals surface area contributed by atoms with Gasteiger partial charge >= 0.3 is 0 Å². The summed E-state index contributed by atoms with van der Waals surface area (Å²) in [4.78, 5) is 19.8. The third kappa shape index (κ3) is 4.45. The molecule has 1 aliphatic heterocycles. The van der Waals surface area contributed by atoms with Crippen molar-refractivity contribution in [2.24, 2.45) is 5.92 Å². The van der Waals surface area contributed by atoms with E-state index in [0.717, 1.165) is 48.6 Å². The van der Waals surface area contributed by atoms with Crippen molar-refractivity contribution in [3.8, 4) is 0 Å². The lowest BCUT2D eigenvalue weighted by Gasteiger charge is -2.31. The molecule has 1 saturated heterocycles. The van der Waals surface area contributed by atoms with Crippen LogP contribution in [0.1, 0.15) is 42.0 Å². The van der Waals surface area contributed by atoms with Crippen LogP contribution in [0.15, 0.2) is 36.4 Å². The van der Waals surface area contributed by atoms with Gasteiger partial charge in [0.2, 0.25) is 5.91 Å². The Morgan fingerprint density at radius 3 is 2.52 bits per heavy atom. The highest BCUT2D eigenvalue weighted by molar-refractivity contribution is 7.22. The molecule has 0 saturated carbocycles. The van der Waals surface area contributed by atoms with E-state index in [0.29, 0.717) is 6.54 Å². The van der Waals surface area contributed by atoms with Crippen LogP contribution in [0.3, 0.4) is 0 Å². The van der Waals surface area contributed by atoms with Gasteiger partial charge in [-0.05, 0) is 61.4 Å². The first-order valence-corrected chi connectivity index (χ1v) is 11.3. The molecule has 4 nitrogen and oxygen atoms in total. The van der Waals surface area contributed by atoms with E-state index in [2.05, 4.69) is 67.4 Å². The molecule has 2 heterocycles. The van der Waals surface area contributed by atoms with Gasteiger partial charge in [-0.1, -0.05) is 48.6 Å². The first-order valence-electron chi connectivity index (χ1n) is 10.5. The van der Waals surface area contributed by atoms with Crippen molar-refractivity contribution >= 4 is 32.6 Å². The number of benzene rings is 2. The Morgan fingerprint density at radius 1 is 1.14 bits per heavy atom. The maximum Gasteiger partial charge on any atom is 0.223 e. The molecule has 0 aliphatic carbocycles. The zero-order valence-corrected chi connectivity index (χ0v) is 18.3. The van der Waals surface area contributed by atoms with Crippen LogP contribution in [0, 0.1) is 19.8 Å². The Hall–Kier alpha value is -2.40. The number of fused-ring (bicyclic) bond motifs is 1. The maximum atomic E-state index is 12.6. The lowest BCUT2D eigenvalue weighted by molar-refractivity contribution is -0.125. The first kappa shape index (κ1) is 19.9. The summed E-state index contributed by atoms with van der Waals surface area (Å²) in [7, 11) is 0. The molecule has 5 heteroatoms. The molecule has 3 aromatic rings. The van der Waals surface area contributed by atoms with Crippen LogP contribution >= 0.6 is 11.3 Å². The number of anilines is 1. The van der Waals surface area contributed by atoms with Gasteiger partial charge in [-0.3, -0.25) is 4.79 Å². The predicted octanol–water partition coefficient (Wildman–Crippen LogP) is 5.01. The lowest BCUT2D eigenvalue weighted by Crippen LogP contribution is -2.40. The van der Waals surface area contributed by atoms with Gasteiger partial charge in [0, 0.05) is 25.6 Å². The number of piperidine rings is 1. The summed E-state index contributed by atoms with van der Waals surface area (Å²) in [5, 5.41) is 4.21. The molecule has 0 unspecified atom stereocenters. The lowest BCUT2D eigenvalue weighted by atomic mass is 9.96. The van der Waals surface area contributed by atoms with E-state index in [-0.39, 0.29) is 11.8 Å².